The van der Waals surface area contributed by atoms with Crippen molar-refractivity contribution in [3.8, 4) is 11.3 Å². The molecule has 17 heavy (non-hydrogen) atoms. The maximum absolute atomic E-state index is 5.73. The first kappa shape index (κ1) is 12.3. The number of aromatic nitrogens is 1. The second-order valence-electron chi connectivity index (χ2n) is 3.93. The lowest BCUT2D eigenvalue weighted by Crippen LogP contribution is -2.10. The van der Waals surface area contributed by atoms with Crippen LogP contribution in [0.3, 0.4) is 0 Å². The van der Waals surface area contributed by atoms with Gasteiger partial charge in [0.25, 0.3) is 0 Å². The summed E-state index contributed by atoms with van der Waals surface area (Å²) >= 11 is 3.45. The summed E-state index contributed by atoms with van der Waals surface area (Å²) in [5.41, 5.74) is 2.27. The van der Waals surface area contributed by atoms with Crippen LogP contribution < -0.4 is 5.32 Å². The highest BCUT2D eigenvalue weighted by atomic mass is 79.9. The Bertz CT molecular complexity index is 508. The molecule has 1 N–H and O–H groups in total. The van der Waals surface area contributed by atoms with Gasteiger partial charge in [0.15, 0.2) is 11.7 Å². The number of oxazole rings is 1. The molecule has 0 amide bonds. The van der Waals surface area contributed by atoms with E-state index in [2.05, 4.69) is 39.2 Å². The Balaban J connectivity index is 2.24. The van der Waals surface area contributed by atoms with Crippen molar-refractivity contribution in [2.45, 2.75) is 13.3 Å². The Labute approximate surface area is 109 Å². The molecule has 90 valence electrons. The van der Waals surface area contributed by atoms with Gasteiger partial charge in [-0.05, 0) is 37.7 Å². The van der Waals surface area contributed by atoms with Crippen LogP contribution in [0.4, 0.5) is 0 Å². The summed E-state index contributed by atoms with van der Waals surface area (Å²) in [7, 11) is 1.92. The van der Waals surface area contributed by atoms with Crippen molar-refractivity contribution in [1.29, 1.82) is 0 Å². The summed E-state index contributed by atoms with van der Waals surface area (Å²) in [6.07, 6.45) is 2.60. The van der Waals surface area contributed by atoms with E-state index >= 15 is 0 Å². The van der Waals surface area contributed by atoms with E-state index in [-0.39, 0.29) is 0 Å². The van der Waals surface area contributed by atoms with E-state index in [0.717, 1.165) is 34.7 Å². The molecule has 1 aromatic heterocycles. The van der Waals surface area contributed by atoms with Crippen LogP contribution in [-0.2, 0) is 6.42 Å². The Morgan fingerprint density at radius 1 is 1.41 bits per heavy atom. The van der Waals surface area contributed by atoms with Crippen LogP contribution >= 0.6 is 15.9 Å². The third kappa shape index (κ3) is 2.96. The highest BCUT2D eigenvalue weighted by molar-refractivity contribution is 9.10. The monoisotopic (exact) mass is 294 g/mol. The lowest BCUT2D eigenvalue weighted by molar-refractivity contribution is 0.500. The first-order valence-electron chi connectivity index (χ1n) is 5.56. The number of rotatable bonds is 4. The zero-order valence-electron chi connectivity index (χ0n) is 9.96. The summed E-state index contributed by atoms with van der Waals surface area (Å²) in [4.78, 5) is 4.28. The largest absolute Gasteiger partial charge is 0.441 e. The molecule has 0 spiro atoms. The Kier molecular flexibility index (Phi) is 3.97. The van der Waals surface area contributed by atoms with Gasteiger partial charge < -0.3 is 9.73 Å². The Morgan fingerprint density at radius 2 is 2.24 bits per heavy atom. The molecule has 0 atom stereocenters. The van der Waals surface area contributed by atoms with Crippen LogP contribution in [0.2, 0.25) is 0 Å². The van der Waals surface area contributed by atoms with E-state index in [0.29, 0.717) is 0 Å². The predicted octanol–water partition coefficient (Wildman–Crippen LogP) is 3.17. The van der Waals surface area contributed by atoms with E-state index in [9.17, 15) is 0 Å². The second-order valence-corrected chi connectivity index (χ2v) is 4.85. The fourth-order valence-corrected chi connectivity index (χ4v) is 2.16. The van der Waals surface area contributed by atoms with Crippen LogP contribution in [0.5, 0.6) is 0 Å². The number of nitrogens with zero attached hydrogens (tertiary/aromatic N) is 1. The molecule has 0 aliphatic rings. The van der Waals surface area contributed by atoms with Crippen molar-refractivity contribution >= 4 is 15.9 Å². The Hall–Kier alpha value is -1.13. The van der Waals surface area contributed by atoms with E-state index in [1.165, 1.54) is 5.56 Å². The third-order valence-electron chi connectivity index (χ3n) is 2.60. The number of hydrogen-bond acceptors (Lipinski definition) is 3. The summed E-state index contributed by atoms with van der Waals surface area (Å²) < 4.78 is 6.80. The molecule has 0 unspecified atom stereocenters. The van der Waals surface area contributed by atoms with Crippen molar-refractivity contribution < 1.29 is 4.42 Å². The van der Waals surface area contributed by atoms with Crippen LogP contribution in [-0.4, -0.2) is 18.6 Å². The van der Waals surface area contributed by atoms with Gasteiger partial charge in [0.05, 0.1) is 6.20 Å². The van der Waals surface area contributed by atoms with Crippen molar-refractivity contribution in [3.05, 3.63) is 40.3 Å². The molecule has 2 rings (SSSR count). The van der Waals surface area contributed by atoms with Gasteiger partial charge in [0.1, 0.15) is 0 Å². The van der Waals surface area contributed by atoms with Gasteiger partial charge in [0, 0.05) is 23.0 Å². The average molecular weight is 295 g/mol. The quantitative estimate of drug-likeness (QED) is 0.941. The number of nitrogens with one attached hydrogen (secondary N) is 1. The maximum Gasteiger partial charge on any atom is 0.196 e. The molecule has 0 fully saturated rings. The van der Waals surface area contributed by atoms with Crippen LogP contribution in [0.15, 0.2) is 33.3 Å². The van der Waals surface area contributed by atoms with Gasteiger partial charge in [-0.2, -0.15) is 0 Å². The summed E-state index contributed by atoms with van der Waals surface area (Å²) in [6.45, 7) is 2.94. The van der Waals surface area contributed by atoms with Crippen LogP contribution in [0, 0.1) is 6.92 Å². The number of likely N-dealkylation sites (N-methyl/N-ethyl adjacent to an activating group) is 1. The molecule has 0 radical (unpaired) electrons. The molecule has 4 heteroatoms. The molecule has 0 bridgehead atoms. The maximum atomic E-state index is 5.73. The van der Waals surface area contributed by atoms with Crippen molar-refractivity contribution in [2.24, 2.45) is 0 Å². The van der Waals surface area contributed by atoms with Crippen molar-refractivity contribution in [1.82, 2.24) is 10.3 Å². The lowest BCUT2D eigenvalue weighted by atomic mass is 10.1. The molecule has 2 aromatic rings. The fourth-order valence-electron chi connectivity index (χ4n) is 1.69. The highest BCUT2D eigenvalue weighted by Crippen LogP contribution is 2.26. The van der Waals surface area contributed by atoms with Gasteiger partial charge in [-0.15, -0.1) is 0 Å². The number of hydrogen-bond donors (Lipinski definition) is 1. The zero-order valence-corrected chi connectivity index (χ0v) is 11.5. The minimum Gasteiger partial charge on any atom is -0.441 e. The standard InChI is InChI=1S/C13H15BrN2O/c1-9-7-10(14)3-4-11(9)12-8-16-13(17-12)5-6-15-2/h3-4,7-8,15H,5-6H2,1-2H3. The SMILES string of the molecule is CNCCc1ncc(-c2ccc(Br)cc2C)o1. The highest BCUT2D eigenvalue weighted by Gasteiger charge is 2.08. The van der Waals surface area contributed by atoms with E-state index < -0.39 is 0 Å². The van der Waals surface area contributed by atoms with Crippen molar-refractivity contribution in [2.75, 3.05) is 13.6 Å². The van der Waals surface area contributed by atoms with Gasteiger partial charge in [-0.3, -0.25) is 0 Å². The molecule has 0 saturated carbocycles. The molecule has 0 aliphatic carbocycles. The molecular formula is C13H15BrN2O. The second kappa shape index (κ2) is 5.47. The van der Waals surface area contributed by atoms with Gasteiger partial charge >= 0.3 is 0 Å². The lowest BCUT2D eigenvalue weighted by Gasteiger charge is -2.02. The normalized spacial score (nSPS) is 10.8. The zero-order chi connectivity index (χ0) is 12.3. The minimum atomic E-state index is 0.775. The number of benzene rings is 1. The predicted molar refractivity (Wildman–Crippen MR) is 72.0 cm³/mol. The topological polar surface area (TPSA) is 38.1 Å². The fraction of sp³-hybridized carbons (Fsp3) is 0.308. The van der Waals surface area contributed by atoms with E-state index in [1.54, 1.807) is 6.20 Å². The van der Waals surface area contributed by atoms with E-state index in [1.807, 2.05) is 19.2 Å². The molecule has 1 heterocycles. The average Bonchev–Trinajstić information content (AvgIpc) is 2.75. The number of aryl methyl sites for hydroxylation is 1. The molecule has 0 saturated heterocycles. The molecule has 1 aromatic carbocycles. The first-order chi connectivity index (χ1) is 8.20. The first-order valence-corrected chi connectivity index (χ1v) is 6.36. The molecule has 3 nitrogen and oxygen atoms in total. The van der Waals surface area contributed by atoms with E-state index in [4.69, 9.17) is 4.42 Å². The van der Waals surface area contributed by atoms with Gasteiger partial charge in [0.2, 0.25) is 0 Å². The summed E-state index contributed by atoms with van der Waals surface area (Å²) in [5.74, 6) is 1.61. The van der Waals surface area contributed by atoms with Gasteiger partial charge in [-0.25, -0.2) is 4.98 Å². The van der Waals surface area contributed by atoms with Crippen molar-refractivity contribution in [3.63, 3.8) is 0 Å². The summed E-state index contributed by atoms with van der Waals surface area (Å²) in [6, 6.07) is 6.13. The molecular weight excluding hydrogens is 280 g/mol. The number of halogens is 1. The third-order valence-corrected chi connectivity index (χ3v) is 3.09. The Morgan fingerprint density at radius 3 is 2.94 bits per heavy atom. The molecule has 0 aliphatic heterocycles. The van der Waals surface area contributed by atoms with Crippen LogP contribution in [0.25, 0.3) is 11.3 Å². The summed E-state index contributed by atoms with van der Waals surface area (Å²) in [5, 5.41) is 3.08. The van der Waals surface area contributed by atoms with Crippen LogP contribution in [0.1, 0.15) is 11.5 Å². The smallest absolute Gasteiger partial charge is 0.196 e. The van der Waals surface area contributed by atoms with Gasteiger partial charge in [-0.1, -0.05) is 15.9 Å². The minimum absolute atomic E-state index is 0.775.